The fourth-order valence-electron chi connectivity index (χ4n) is 4.29. The number of ketones is 1. The van der Waals surface area contributed by atoms with Crippen LogP contribution in [-0.4, -0.2) is 10.9 Å². The average Bonchev–Trinajstić information content (AvgIpc) is 2.24. The second kappa shape index (κ2) is 4.70. The molecule has 0 saturated heterocycles. The number of benzene rings is 1. The molecule has 1 aliphatic carbocycles. The van der Waals surface area contributed by atoms with Gasteiger partial charge in [-0.05, 0) is 42.6 Å². The van der Waals surface area contributed by atoms with Gasteiger partial charge in [0.05, 0.1) is 5.60 Å². The lowest BCUT2D eigenvalue weighted by Crippen LogP contribution is -2.44. The molecular formula is C18H26O2. The minimum atomic E-state index is -0.791. The number of Topliss-reactive ketones (excluding diaryl/α,β-unsaturated/α-hetero) is 1. The quantitative estimate of drug-likeness (QED) is 0.816. The summed E-state index contributed by atoms with van der Waals surface area (Å²) in [5, 5.41) is 11.2. The van der Waals surface area contributed by atoms with E-state index in [0.29, 0.717) is 5.56 Å². The molecule has 0 amide bonds. The summed E-state index contributed by atoms with van der Waals surface area (Å²) in [4.78, 5) is 11.4. The molecule has 1 saturated carbocycles. The molecule has 1 fully saturated rings. The van der Waals surface area contributed by atoms with Crippen LogP contribution in [0, 0.1) is 10.8 Å². The molecule has 0 spiro atoms. The fraction of sp³-hybridized carbons (Fsp3) is 0.611. The molecule has 2 rings (SSSR count). The van der Waals surface area contributed by atoms with Crippen LogP contribution in [-0.2, 0) is 5.60 Å². The van der Waals surface area contributed by atoms with Crippen LogP contribution in [0.25, 0.3) is 0 Å². The van der Waals surface area contributed by atoms with Gasteiger partial charge in [0.15, 0.2) is 5.78 Å². The molecule has 0 aliphatic heterocycles. The number of carbonyl (C=O) groups excluding carboxylic acids is 1. The maximum atomic E-state index is 11.4. The Balaban J connectivity index is 2.36. The van der Waals surface area contributed by atoms with Gasteiger partial charge < -0.3 is 5.11 Å². The fourth-order valence-corrected chi connectivity index (χ4v) is 4.29. The Morgan fingerprint density at radius 1 is 0.950 bits per heavy atom. The van der Waals surface area contributed by atoms with Gasteiger partial charge in [-0.3, -0.25) is 4.79 Å². The van der Waals surface area contributed by atoms with Crippen molar-refractivity contribution in [1.29, 1.82) is 0 Å². The smallest absolute Gasteiger partial charge is 0.159 e. The van der Waals surface area contributed by atoms with Gasteiger partial charge in [0.2, 0.25) is 0 Å². The van der Waals surface area contributed by atoms with E-state index in [0.717, 1.165) is 24.8 Å². The second-order valence-electron chi connectivity index (χ2n) is 8.02. The third kappa shape index (κ3) is 3.12. The molecule has 20 heavy (non-hydrogen) atoms. The van der Waals surface area contributed by atoms with E-state index in [1.165, 1.54) is 0 Å². The highest BCUT2D eigenvalue weighted by molar-refractivity contribution is 5.94. The third-order valence-corrected chi connectivity index (χ3v) is 4.33. The van der Waals surface area contributed by atoms with E-state index in [4.69, 9.17) is 0 Å². The maximum Gasteiger partial charge on any atom is 0.159 e. The van der Waals surface area contributed by atoms with Gasteiger partial charge in [0.25, 0.3) is 0 Å². The molecule has 2 nitrogen and oxygen atoms in total. The summed E-state index contributed by atoms with van der Waals surface area (Å²) in [6.45, 7) is 10.5. The minimum Gasteiger partial charge on any atom is -0.385 e. The first-order valence-corrected chi connectivity index (χ1v) is 7.37. The van der Waals surface area contributed by atoms with Crippen molar-refractivity contribution in [3.63, 3.8) is 0 Å². The molecule has 110 valence electrons. The molecule has 1 N–H and O–H groups in total. The summed E-state index contributed by atoms with van der Waals surface area (Å²) in [5.74, 6) is 0.0628. The van der Waals surface area contributed by atoms with Crippen LogP contribution in [0.1, 0.15) is 69.8 Å². The first-order valence-electron chi connectivity index (χ1n) is 7.37. The van der Waals surface area contributed by atoms with Crippen molar-refractivity contribution in [3.05, 3.63) is 35.4 Å². The van der Waals surface area contributed by atoms with E-state index in [-0.39, 0.29) is 16.6 Å². The Morgan fingerprint density at radius 2 is 1.40 bits per heavy atom. The lowest BCUT2D eigenvalue weighted by Gasteiger charge is -2.49. The van der Waals surface area contributed by atoms with Crippen molar-refractivity contribution >= 4 is 5.78 Å². The second-order valence-corrected chi connectivity index (χ2v) is 8.02. The normalized spacial score (nSPS) is 23.3. The van der Waals surface area contributed by atoms with Crippen LogP contribution in [0.15, 0.2) is 24.3 Å². The van der Waals surface area contributed by atoms with Gasteiger partial charge in [-0.25, -0.2) is 0 Å². The van der Waals surface area contributed by atoms with Crippen LogP contribution in [0.4, 0.5) is 0 Å². The van der Waals surface area contributed by atoms with E-state index in [2.05, 4.69) is 27.7 Å². The van der Waals surface area contributed by atoms with Crippen LogP contribution in [0.2, 0.25) is 0 Å². The van der Waals surface area contributed by atoms with E-state index < -0.39 is 5.60 Å². The predicted octanol–water partition coefficient (Wildman–Crippen LogP) is 4.31. The Labute approximate surface area is 122 Å². The SMILES string of the molecule is CC(=O)c1ccc(C2(O)CC(C)(C)CC(C)(C)C2)cc1. The molecule has 1 aliphatic rings. The van der Waals surface area contributed by atoms with Gasteiger partial charge in [0, 0.05) is 5.56 Å². The molecule has 0 radical (unpaired) electrons. The number of hydrogen-bond donors (Lipinski definition) is 1. The monoisotopic (exact) mass is 274 g/mol. The molecule has 1 aromatic carbocycles. The van der Waals surface area contributed by atoms with Crippen LogP contribution >= 0.6 is 0 Å². The lowest BCUT2D eigenvalue weighted by atomic mass is 9.58. The van der Waals surface area contributed by atoms with Gasteiger partial charge in [-0.1, -0.05) is 52.0 Å². The molecule has 0 atom stereocenters. The molecule has 2 heteroatoms. The zero-order valence-corrected chi connectivity index (χ0v) is 13.3. The number of aliphatic hydroxyl groups is 1. The average molecular weight is 274 g/mol. The van der Waals surface area contributed by atoms with Gasteiger partial charge in [-0.2, -0.15) is 0 Å². The van der Waals surface area contributed by atoms with Crippen molar-refractivity contribution in [2.24, 2.45) is 10.8 Å². The van der Waals surface area contributed by atoms with Gasteiger partial charge in [-0.15, -0.1) is 0 Å². The van der Waals surface area contributed by atoms with E-state index >= 15 is 0 Å². The summed E-state index contributed by atoms with van der Waals surface area (Å²) < 4.78 is 0. The summed E-state index contributed by atoms with van der Waals surface area (Å²) in [6.07, 6.45) is 2.65. The highest BCUT2D eigenvalue weighted by Gasteiger charge is 2.47. The molecule has 0 aromatic heterocycles. The van der Waals surface area contributed by atoms with Gasteiger partial charge in [0.1, 0.15) is 0 Å². The largest absolute Gasteiger partial charge is 0.385 e. The summed E-state index contributed by atoms with van der Waals surface area (Å²) in [5.41, 5.74) is 1.08. The van der Waals surface area contributed by atoms with Crippen LogP contribution in [0.5, 0.6) is 0 Å². The molecule has 0 bridgehead atoms. The van der Waals surface area contributed by atoms with Crippen molar-refractivity contribution < 1.29 is 9.90 Å². The Morgan fingerprint density at radius 3 is 1.80 bits per heavy atom. The van der Waals surface area contributed by atoms with Crippen molar-refractivity contribution in [2.45, 2.75) is 59.5 Å². The number of carbonyl (C=O) groups is 1. The van der Waals surface area contributed by atoms with E-state index in [1.807, 2.05) is 24.3 Å². The molecule has 0 unspecified atom stereocenters. The third-order valence-electron chi connectivity index (χ3n) is 4.33. The zero-order valence-electron chi connectivity index (χ0n) is 13.3. The zero-order chi connectivity index (χ0) is 15.2. The predicted molar refractivity (Wildman–Crippen MR) is 81.8 cm³/mol. The summed E-state index contributed by atoms with van der Waals surface area (Å²) in [7, 11) is 0. The molecule has 0 heterocycles. The first-order chi connectivity index (χ1) is 9.03. The summed E-state index contributed by atoms with van der Waals surface area (Å²) >= 11 is 0. The highest BCUT2D eigenvalue weighted by Crippen LogP contribution is 2.53. The highest BCUT2D eigenvalue weighted by atomic mass is 16.3. The minimum absolute atomic E-state index is 0.0628. The van der Waals surface area contributed by atoms with Crippen molar-refractivity contribution in [3.8, 4) is 0 Å². The molecular weight excluding hydrogens is 248 g/mol. The Kier molecular flexibility index (Phi) is 3.58. The van der Waals surface area contributed by atoms with Crippen LogP contribution in [0.3, 0.4) is 0 Å². The first kappa shape index (κ1) is 15.2. The lowest BCUT2D eigenvalue weighted by molar-refractivity contribution is -0.0912. The Hall–Kier alpha value is -1.15. The van der Waals surface area contributed by atoms with E-state index in [1.54, 1.807) is 6.92 Å². The summed E-state index contributed by atoms with van der Waals surface area (Å²) in [6, 6.07) is 7.47. The van der Waals surface area contributed by atoms with Gasteiger partial charge >= 0.3 is 0 Å². The number of rotatable bonds is 2. The van der Waals surface area contributed by atoms with Crippen molar-refractivity contribution in [2.75, 3.05) is 0 Å². The maximum absolute atomic E-state index is 11.4. The topological polar surface area (TPSA) is 37.3 Å². The standard InChI is InChI=1S/C18H26O2/c1-13(19)14-6-8-15(9-7-14)18(20)11-16(2,3)10-17(4,5)12-18/h6-9,20H,10-12H2,1-5H3. The van der Waals surface area contributed by atoms with E-state index in [9.17, 15) is 9.90 Å². The van der Waals surface area contributed by atoms with Crippen LogP contribution < -0.4 is 0 Å². The molecule has 1 aromatic rings. The van der Waals surface area contributed by atoms with Crippen molar-refractivity contribution in [1.82, 2.24) is 0 Å². The Bertz CT molecular complexity index is 493. The number of hydrogen-bond acceptors (Lipinski definition) is 2.